The van der Waals surface area contributed by atoms with Gasteiger partial charge in [0.05, 0.1) is 18.7 Å². The Labute approximate surface area is 161 Å². The molecule has 2 aromatic rings. The number of methoxy groups -OCH3 is 1. The van der Waals surface area contributed by atoms with E-state index in [0.717, 1.165) is 58.5 Å². The molecule has 3 aliphatic rings. The number of benzene rings is 1. The first-order chi connectivity index (χ1) is 13.0. The number of hydrogen-bond donors (Lipinski definition) is 1. The molecule has 27 heavy (non-hydrogen) atoms. The number of pyridine rings is 1. The molecule has 4 heteroatoms. The van der Waals surface area contributed by atoms with Crippen LogP contribution in [-0.2, 0) is 0 Å². The van der Waals surface area contributed by atoms with E-state index in [1.165, 1.54) is 6.42 Å². The van der Waals surface area contributed by atoms with E-state index < -0.39 is 6.10 Å². The SMILES string of the molecule is C=C[C@H]1CN2CCC1C[C@H]2[C@H](O)c1c(C)c(C)nc2ccc(OC)c(C)c12. The summed E-state index contributed by atoms with van der Waals surface area (Å²) in [6.07, 6.45) is 3.82. The van der Waals surface area contributed by atoms with E-state index >= 15 is 0 Å². The maximum absolute atomic E-state index is 11.6. The van der Waals surface area contributed by atoms with Crippen LogP contribution in [0, 0.1) is 32.6 Å². The van der Waals surface area contributed by atoms with Gasteiger partial charge in [0.25, 0.3) is 0 Å². The molecule has 1 N–H and O–H groups in total. The molecule has 1 aromatic heterocycles. The lowest BCUT2D eigenvalue weighted by atomic mass is 9.73. The highest BCUT2D eigenvalue weighted by Gasteiger charge is 2.42. The third-order valence-electron chi connectivity index (χ3n) is 6.93. The molecule has 2 bridgehead atoms. The average molecular weight is 367 g/mol. The van der Waals surface area contributed by atoms with Crippen molar-refractivity contribution < 1.29 is 9.84 Å². The van der Waals surface area contributed by atoms with Crippen molar-refractivity contribution in [3.8, 4) is 5.75 Å². The number of aliphatic hydroxyl groups excluding tert-OH is 1. The van der Waals surface area contributed by atoms with Gasteiger partial charge < -0.3 is 9.84 Å². The molecule has 0 amide bonds. The molecule has 0 radical (unpaired) electrons. The van der Waals surface area contributed by atoms with E-state index in [-0.39, 0.29) is 6.04 Å². The number of aromatic nitrogens is 1. The Kier molecular flexibility index (Phi) is 4.73. The second kappa shape index (κ2) is 6.92. The lowest BCUT2D eigenvalue weighted by molar-refractivity contribution is -0.0446. The van der Waals surface area contributed by atoms with Crippen LogP contribution in [0.3, 0.4) is 0 Å². The maximum atomic E-state index is 11.6. The molecule has 5 rings (SSSR count). The highest BCUT2D eigenvalue weighted by atomic mass is 16.5. The van der Waals surface area contributed by atoms with Gasteiger partial charge in [0.2, 0.25) is 0 Å². The van der Waals surface area contributed by atoms with Crippen LogP contribution in [0.25, 0.3) is 10.9 Å². The van der Waals surface area contributed by atoms with Gasteiger partial charge in [-0.1, -0.05) is 6.08 Å². The number of ether oxygens (including phenoxy) is 1. The minimum absolute atomic E-state index is 0.161. The van der Waals surface area contributed by atoms with E-state index in [0.29, 0.717) is 11.8 Å². The predicted molar refractivity (Wildman–Crippen MR) is 109 cm³/mol. The normalized spacial score (nSPS) is 28.3. The number of nitrogens with zero attached hydrogens (tertiary/aromatic N) is 2. The van der Waals surface area contributed by atoms with Gasteiger partial charge in [0, 0.05) is 29.2 Å². The van der Waals surface area contributed by atoms with Crippen LogP contribution in [0.2, 0.25) is 0 Å². The minimum atomic E-state index is -0.520. The van der Waals surface area contributed by atoms with Crippen molar-refractivity contribution in [3.05, 3.63) is 47.2 Å². The van der Waals surface area contributed by atoms with E-state index in [1.807, 2.05) is 19.1 Å². The number of piperidine rings is 3. The van der Waals surface area contributed by atoms with Crippen molar-refractivity contribution in [2.24, 2.45) is 11.8 Å². The molecule has 1 aromatic carbocycles. The molecular weight excluding hydrogens is 336 g/mol. The smallest absolute Gasteiger partial charge is 0.122 e. The Morgan fingerprint density at radius 1 is 1.30 bits per heavy atom. The number of fused-ring (bicyclic) bond motifs is 4. The summed E-state index contributed by atoms with van der Waals surface area (Å²) in [6.45, 7) is 12.3. The molecule has 3 fully saturated rings. The summed E-state index contributed by atoms with van der Waals surface area (Å²) in [6, 6.07) is 4.13. The van der Waals surface area contributed by atoms with Gasteiger partial charge in [-0.05, 0) is 75.3 Å². The molecule has 2 unspecified atom stereocenters. The summed E-state index contributed by atoms with van der Waals surface area (Å²) in [4.78, 5) is 7.25. The van der Waals surface area contributed by atoms with Crippen LogP contribution in [-0.4, -0.2) is 41.2 Å². The second-order valence-corrected chi connectivity index (χ2v) is 8.21. The van der Waals surface area contributed by atoms with E-state index in [4.69, 9.17) is 9.72 Å². The van der Waals surface area contributed by atoms with Crippen molar-refractivity contribution in [2.45, 2.75) is 45.8 Å². The number of rotatable bonds is 4. The van der Waals surface area contributed by atoms with Crippen LogP contribution < -0.4 is 4.74 Å². The largest absolute Gasteiger partial charge is 0.496 e. The summed E-state index contributed by atoms with van der Waals surface area (Å²) in [5, 5.41) is 12.6. The van der Waals surface area contributed by atoms with Crippen molar-refractivity contribution in [2.75, 3.05) is 20.2 Å². The molecule has 0 aliphatic carbocycles. The summed E-state index contributed by atoms with van der Waals surface area (Å²) in [5.74, 6) is 2.04. The fraction of sp³-hybridized carbons (Fsp3) is 0.522. The Morgan fingerprint density at radius 3 is 2.70 bits per heavy atom. The third-order valence-corrected chi connectivity index (χ3v) is 6.93. The van der Waals surface area contributed by atoms with E-state index in [9.17, 15) is 5.11 Å². The molecule has 3 saturated heterocycles. The molecule has 144 valence electrons. The highest BCUT2D eigenvalue weighted by Crippen LogP contribution is 2.44. The fourth-order valence-electron chi connectivity index (χ4n) is 5.25. The molecular formula is C23H30N2O2. The zero-order chi connectivity index (χ0) is 19.3. The molecule has 0 spiro atoms. The van der Waals surface area contributed by atoms with Gasteiger partial charge in [-0.25, -0.2) is 0 Å². The summed E-state index contributed by atoms with van der Waals surface area (Å²) in [7, 11) is 1.69. The van der Waals surface area contributed by atoms with Gasteiger partial charge in [-0.3, -0.25) is 9.88 Å². The predicted octanol–water partition coefficient (Wildman–Crippen LogP) is 4.10. The highest BCUT2D eigenvalue weighted by molar-refractivity contribution is 5.89. The summed E-state index contributed by atoms with van der Waals surface area (Å²) >= 11 is 0. The standard InChI is InChI=1S/C23H30N2O2/c1-6-16-12-25-10-9-17(16)11-19(25)23(26)22-13(2)15(4)24-18-7-8-20(27-5)14(3)21(18)22/h6-8,16-17,19,23,26H,1,9-12H2,2-5H3/t16-,17?,19-,23-/m0/s1. The first-order valence-electron chi connectivity index (χ1n) is 9.95. The second-order valence-electron chi connectivity index (χ2n) is 8.21. The quantitative estimate of drug-likeness (QED) is 0.828. The monoisotopic (exact) mass is 366 g/mol. The van der Waals surface area contributed by atoms with Crippen LogP contribution in [0.4, 0.5) is 0 Å². The van der Waals surface area contributed by atoms with Gasteiger partial charge in [-0.15, -0.1) is 6.58 Å². The van der Waals surface area contributed by atoms with Crippen LogP contribution in [0.15, 0.2) is 24.8 Å². The lowest BCUT2D eigenvalue weighted by Crippen LogP contribution is -2.55. The summed E-state index contributed by atoms with van der Waals surface area (Å²) in [5.41, 5.74) is 5.10. The molecule has 4 nitrogen and oxygen atoms in total. The maximum Gasteiger partial charge on any atom is 0.122 e. The molecule has 3 aliphatic heterocycles. The number of aliphatic hydroxyl groups is 1. The van der Waals surface area contributed by atoms with Gasteiger partial charge >= 0.3 is 0 Å². The van der Waals surface area contributed by atoms with Crippen LogP contribution >= 0.6 is 0 Å². The molecule has 5 atom stereocenters. The van der Waals surface area contributed by atoms with Crippen molar-refractivity contribution in [1.82, 2.24) is 9.88 Å². The third kappa shape index (κ3) is 2.86. The van der Waals surface area contributed by atoms with Crippen molar-refractivity contribution >= 4 is 10.9 Å². The minimum Gasteiger partial charge on any atom is -0.496 e. The lowest BCUT2D eigenvalue weighted by Gasteiger charge is -2.50. The fourth-order valence-corrected chi connectivity index (χ4v) is 5.25. The first-order valence-corrected chi connectivity index (χ1v) is 9.95. The average Bonchev–Trinajstić information content (AvgIpc) is 2.69. The van der Waals surface area contributed by atoms with Gasteiger partial charge in [-0.2, -0.15) is 0 Å². The van der Waals surface area contributed by atoms with Crippen LogP contribution in [0.5, 0.6) is 5.75 Å². The molecule has 4 heterocycles. The Balaban J connectivity index is 1.83. The Morgan fingerprint density at radius 2 is 2.07 bits per heavy atom. The number of aryl methyl sites for hydroxylation is 2. The van der Waals surface area contributed by atoms with Gasteiger partial charge in [0.15, 0.2) is 0 Å². The van der Waals surface area contributed by atoms with E-state index in [2.05, 4.69) is 31.4 Å². The Hall–Kier alpha value is -1.91. The van der Waals surface area contributed by atoms with Crippen molar-refractivity contribution in [3.63, 3.8) is 0 Å². The molecule has 0 saturated carbocycles. The van der Waals surface area contributed by atoms with Crippen LogP contribution in [0.1, 0.15) is 41.3 Å². The zero-order valence-corrected chi connectivity index (χ0v) is 16.8. The zero-order valence-electron chi connectivity index (χ0n) is 16.8. The van der Waals surface area contributed by atoms with Gasteiger partial charge in [0.1, 0.15) is 5.75 Å². The topological polar surface area (TPSA) is 45.6 Å². The van der Waals surface area contributed by atoms with Crippen molar-refractivity contribution in [1.29, 1.82) is 0 Å². The first kappa shape index (κ1) is 18.5. The Bertz CT molecular complexity index is 892. The number of hydrogen-bond acceptors (Lipinski definition) is 4. The summed E-state index contributed by atoms with van der Waals surface area (Å²) < 4.78 is 5.55. The van der Waals surface area contributed by atoms with E-state index in [1.54, 1.807) is 7.11 Å².